The minimum atomic E-state index is -5.25. The first-order valence-electron chi connectivity index (χ1n) is 27.1. The van der Waals surface area contributed by atoms with E-state index in [0.29, 0.717) is 36.4 Å². The van der Waals surface area contributed by atoms with Gasteiger partial charge in [0, 0.05) is 38.0 Å². The number of nitrogens with one attached hydrogen (secondary N) is 9. The highest BCUT2D eigenvalue weighted by molar-refractivity contribution is 7.85. The second kappa shape index (κ2) is 34.0. The first kappa shape index (κ1) is 69.4. The number of carboxylic acids is 1. The van der Waals surface area contributed by atoms with Gasteiger partial charge in [-0.1, -0.05) is 57.5 Å². The fourth-order valence-electron chi connectivity index (χ4n) is 8.03. The summed E-state index contributed by atoms with van der Waals surface area (Å²) in [5, 5.41) is 39.3. The number of rotatable bonds is 27. The number of aliphatic imine (C=N–C) groups is 1. The van der Waals surface area contributed by atoms with E-state index in [1.165, 1.54) is 47.8 Å². The molecule has 9 amide bonds. The number of carboxylic acid groups (broad SMARTS) is 1. The number of guanidine groups is 1. The van der Waals surface area contributed by atoms with Crippen LogP contribution in [0.25, 0.3) is 0 Å². The van der Waals surface area contributed by atoms with E-state index in [1.807, 2.05) is 6.92 Å². The molecule has 13 N–H and O–H groups in total. The van der Waals surface area contributed by atoms with E-state index in [9.17, 15) is 79.2 Å². The van der Waals surface area contributed by atoms with Gasteiger partial charge in [-0.2, -0.15) is 31.8 Å². The van der Waals surface area contributed by atoms with Crippen LogP contribution in [0.5, 0.6) is 5.75 Å². The van der Waals surface area contributed by atoms with Crippen LogP contribution in [0.1, 0.15) is 93.6 Å². The summed E-state index contributed by atoms with van der Waals surface area (Å²) in [5.41, 5.74) is 6.55. The number of hydrogen-bond donors (Lipinski definition) is 12. The third-order valence-electron chi connectivity index (χ3n) is 12.6. The molecule has 1 heterocycles. The molecule has 4 rings (SSSR count). The second-order valence-electron chi connectivity index (χ2n) is 19.8. The highest BCUT2D eigenvalue weighted by Gasteiger charge is 2.39. The summed E-state index contributed by atoms with van der Waals surface area (Å²) in [4.78, 5) is 133. The number of nitrogens with zero attached hydrogens (tertiary/aromatic N) is 3. The number of nitrogens with two attached hydrogens (primary N) is 1. The summed E-state index contributed by atoms with van der Waals surface area (Å²) >= 11 is 0. The molecule has 0 aromatic heterocycles. The van der Waals surface area contributed by atoms with Crippen molar-refractivity contribution in [1.29, 1.82) is 0 Å². The second-order valence-corrected chi connectivity index (χ2v) is 21.2. The monoisotopic (exact) mass is 1230 g/mol. The van der Waals surface area contributed by atoms with E-state index >= 15 is 0 Å². The number of alkyl halides is 3. The number of amides is 9. The topological polar surface area (TPSA) is 426 Å². The first-order chi connectivity index (χ1) is 40.6. The van der Waals surface area contributed by atoms with Gasteiger partial charge in [-0.15, -0.1) is 0 Å². The van der Waals surface area contributed by atoms with Crippen molar-refractivity contribution in [3.63, 3.8) is 0 Å². The molecule has 1 saturated heterocycles. The predicted octanol–water partition coefficient (Wildman–Crippen LogP) is 1.11. The number of unbranched alkanes of at least 4 members (excludes halogenated alkanes) is 1. The highest BCUT2D eigenvalue weighted by Crippen LogP contribution is 2.20. The van der Waals surface area contributed by atoms with E-state index in [0.717, 1.165) is 6.42 Å². The van der Waals surface area contributed by atoms with Crippen LogP contribution in [0.4, 0.5) is 18.9 Å². The van der Waals surface area contributed by atoms with Crippen molar-refractivity contribution in [3.8, 4) is 5.75 Å². The molecule has 0 radical (unpaired) electrons. The van der Waals surface area contributed by atoms with Crippen LogP contribution in [0.15, 0.2) is 92.9 Å². The number of azo groups is 1. The van der Waals surface area contributed by atoms with Crippen molar-refractivity contribution in [3.05, 3.63) is 89.5 Å². The maximum Gasteiger partial charge on any atom is 0.471 e. The van der Waals surface area contributed by atoms with Crippen molar-refractivity contribution in [1.82, 2.24) is 47.9 Å². The van der Waals surface area contributed by atoms with Crippen molar-refractivity contribution in [2.45, 2.75) is 126 Å². The van der Waals surface area contributed by atoms with Gasteiger partial charge in [0.05, 0.1) is 36.7 Å². The predicted molar refractivity (Wildman–Crippen MR) is 300 cm³/mol. The van der Waals surface area contributed by atoms with E-state index in [-0.39, 0.29) is 74.4 Å². The number of benzene rings is 3. The summed E-state index contributed by atoms with van der Waals surface area (Å²) in [6.45, 7) is 4.41. The van der Waals surface area contributed by atoms with Crippen LogP contribution in [0.3, 0.4) is 0 Å². The lowest BCUT2D eigenvalue weighted by molar-refractivity contribution is -0.171. The van der Waals surface area contributed by atoms with Gasteiger partial charge in [0.2, 0.25) is 41.4 Å². The molecule has 0 spiro atoms. The smallest absolute Gasteiger partial charge is 0.471 e. The fraction of sp³-hybridized carbons (Fsp3) is 0.463. The number of halogens is 3. The normalized spacial score (nSPS) is 17.8. The SMILES string of the molecule is CCCCNC(=O)[C@H](CCC(=O)NCCCOc1ccc(C[C@H]2NC(=O)[C@H](CC(=O)O)NC(=O)CNC(=O)[C@H](CCCN=C(N)NC(=O)C(F)(F)F)NC(=O)[C@H](C(C)C)NC2=O)cc1)NC(=O)c1ccc(N=NCc2ccccc2S(=O)(=O)O)cc1. The Bertz CT molecular complexity index is 3060. The van der Waals surface area contributed by atoms with E-state index in [1.54, 1.807) is 44.2 Å². The Hall–Kier alpha value is -9.07. The van der Waals surface area contributed by atoms with Gasteiger partial charge >= 0.3 is 18.1 Å². The molecule has 1 aliphatic heterocycles. The van der Waals surface area contributed by atoms with Crippen molar-refractivity contribution in [2.24, 2.45) is 26.9 Å². The Kier molecular flexibility index (Phi) is 27.5. The van der Waals surface area contributed by atoms with Gasteiger partial charge in [-0.3, -0.25) is 62.8 Å². The van der Waals surface area contributed by atoms with Gasteiger partial charge in [0.1, 0.15) is 36.0 Å². The van der Waals surface area contributed by atoms with Crippen LogP contribution in [-0.4, -0.2) is 152 Å². The number of carbonyl (C=O) groups is 10. The lowest BCUT2D eigenvalue weighted by Crippen LogP contribution is -2.59. The van der Waals surface area contributed by atoms with Crippen LogP contribution in [0, 0.1) is 5.92 Å². The molecule has 0 aliphatic carbocycles. The average Bonchev–Trinajstić information content (AvgIpc) is 2.66. The summed E-state index contributed by atoms with van der Waals surface area (Å²) in [5.74, 6) is -11.4. The minimum absolute atomic E-state index is 0.0428. The highest BCUT2D eigenvalue weighted by atomic mass is 32.2. The molecule has 1 fully saturated rings. The maximum atomic E-state index is 14.0. The van der Waals surface area contributed by atoms with Gasteiger partial charge in [0.15, 0.2) is 5.96 Å². The fourth-order valence-corrected chi connectivity index (χ4v) is 8.75. The third kappa shape index (κ3) is 24.3. The molecule has 0 saturated carbocycles. The van der Waals surface area contributed by atoms with Gasteiger partial charge in [0.25, 0.3) is 16.0 Å². The van der Waals surface area contributed by atoms with Gasteiger partial charge in [-0.05, 0) is 91.6 Å². The maximum absolute atomic E-state index is 14.0. The zero-order chi connectivity index (χ0) is 63.6. The summed E-state index contributed by atoms with van der Waals surface area (Å²) in [7, 11) is -4.48. The molecule has 86 heavy (non-hydrogen) atoms. The number of aliphatic carboxylic acids is 1. The molecular weight excluding hydrogens is 1160 g/mol. The molecule has 468 valence electrons. The van der Waals surface area contributed by atoms with Crippen molar-refractivity contribution >= 4 is 80.9 Å². The summed E-state index contributed by atoms with van der Waals surface area (Å²) in [6, 6.07) is 10.8. The summed E-state index contributed by atoms with van der Waals surface area (Å²) < 4.78 is 76.6. The molecule has 32 heteroatoms. The van der Waals surface area contributed by atoms with Gasteiger partial charge in [-0.25, -0.2) is 0 Å². The zero-order valence-electron chi connectivity index (χ0n) is 47.2. The lowest BCUT2D eigenvalue weighted by Gasteiger charge is -2.27. The molecule has 1 aliphatic rings. The molecular formula is C54H70F3N13O15S. The molecule has 5 atom stereocenters. The summed E-state index contributed by atoms with van der Waals surface area (Å²) in [6.07, 6.45) is -5.16. The molecule has 0 unspecified atom stereocenters. The van der Waals surface area contributed by atoms with Crippen LogP contribution < -0.4 is 58.3 Å². The standard InChI is InChI=1S/C54H70F3N13O15S/c1-4-5-23-60-47(76)38(65-46(75)33-15-17-35(18-16-33)70-63-29-34-10-6-7-12-41(34)86(82,83)84)21-22-42(71)59-25-9-26-85-36-19-13-32(14-20-36)27-39-50(79)68-45(31(2)3)51(80)66-37(11-8-24-61-53(58)69-52(81)54(55,56)57)48(77)62-30-43(72)64-40(28-44(73)74)49(78)67-39/h6-7,10,12-20,31,37-40,45H,4-5,8-9,11,21-30H2,1-3H3,(H,59,71)(H,60,76)(H,62,77)(H,64,72)(H,65,75)(H,66,80)(H,67,78)(H,68,79)(H,73,74)(H,82,83,84)(H3,58,61,69,81)/t37-,38-,39+,40-,45-/m0/s1. The van der Waals surface area contributed by atoms with Crippen molar-refractivity contribution < 1.29 is 83.9 Å². The van der Waals surface area contributed by atoms with Crippen LogP contribution in [-0.2, 0) is 66.2 Å². The average molecular weight is 1230 g/mol. The Morgan fingerprint density at radius 2 is 1.48 bits per heavy atom. The van der Waals surface area contributed by atoms with E-state index in [2.05, 4.69) is 57.8 Å². The Labute approximate surface area is 492 Å². The quantitative estimate of drug-likeness (QED) is 0.0167. The third-order valence-corrected chi connectivity index (χ3v) is 13.5. The van der Waals surface area contributed by atoms with Gasteiger partial charge < -0.3 is 58.1 Å². The zero-order valence-corrected chi connectivity index (χ0v) is 48.0. The molecule has 3 aromatic carbocycles. The molecule has 28 nitrogen and oxygen atoms in total. The van der Waals surface area contributed by atoms with Crippen molar-refractivity contribution in [2.75, 3.05) is 32.8 Å². The Morgan fingerprint density at radius 1 is 0.814 bits per heavy atom. The van der Waals surface area contributed by atoms with Crippen LogP contribution in [0.2, 0.25) is 0 Å². The Morgan fingerprint density at radius 3 is 2.13 bits per heavy atom. The lowest BCUT2D eigenvalue weighted by atomic mass is 9.99. The number of hydrogen-bond acceptors (Lipinski definition) is 16. The number of carbonyl (C=O) groups excluding carboxylic acids is 9. The Balaban J connectivity index is 1.35. The van der Waals surface area contributed by atoms with Crippen LogP contribution >= 0.6 is 0 Å². The largest absolute Gasteiger partial charge is 0.494 e. The van der Waals surface area contributed by atoms with E-state index in [4.69, 9.17) is 10.5 Å². The molecule has 3 aromatic rings. The first-order valence-corrected chi connectivity index (χ1v) is 28.6. The molecule has 0 bridgehead atoms. The minimum Gasteiger partial charge on any atom is -0.494 e. The number of ether oxygens (including phenoxy) is 1. The van der Waals surface area contributed by atoms with E-state index < -0.39 is 130 Å².